The van der Waals surface area contributed by atoms with Crippen molar-refractivity contribution in [1.29, 1.82) is 5.26 Å². The zero-order valence-electron chi connectivity index (χ0n) is 13.6. The van der Waals surface area contributed by atoms with E-state index in [0.717, 1.165) is 11.6 Å². The van der Waals surface area contributed by atoms with Crippen LogP contribution >= 0.6 is 0 Å². The Hall–Kier alpha value is -2.52. The molecule has 0 aromatic heterocycles. The minimum atomic E-state index is -4.56. The van der Waals surface area contributed by atoms with Gasteiger partial charge in [-0.2, -0.15) is 18.4 Å². The second-order valence-electron chi connectivity index (χ2n) is 6.09. The van der Waals surface area contributed by atoms with E-state index >= 15 is 0 Å². The number of benzene rings is 2. The van der Waals surface area contributed by atoms with Crippen molar-refractivity contribution < 1.29 is 17.9 Å². The van der Waals surface area contributed by atoms with Gasteiger partial charge in [-0.15, -0.1) is 0 Å². The smallest absolute Gasteiger partial charge is 0.367 e. The quantitative estimate of drug-likeness (QED) is 0.801. The molecule has 3 rings (SSSR count). The Kier molecular flexibility index (Phi) is 4.69. The Morgan fingerprint density at radius 1 is 1.12 bits per heavy atom. The van der Waals surface area contributed by atoms with Crippen LogP contribution in [0.5, 0.6) is 0 Å². The largest absolute Gasteiger partial charge is 0.417 e. The minimum Gasteiger partial charge on any atom is -0.367 e. The molecule has 0 spiro atoms. The monoisotopic (exact) mass is 346 g/mol. The van der Waals surface area contributed by atoms with E-state index in [2.05, 4.69) is 0 Å². The van der Waals surface area contributed by atoms with Crippen molar-refractivity contribution in [3.8, 4) is 6.07 Å². The van der Waals surface area contributed by atoms with Gasteiger partial charge in [0.15, 0.2) is 0 Å². The molecule has 2 aromatic carbocycles. The number of ether oxygens (including phenoxy) is 1. The van der Waals surface area contributed by atoms with Gasteiger partial charge in [0, 0.05) is 18.8 Å². The molecule has 6 heteroatoms. The lowest BCUT2D eigenvalue weighted by atomic mass is 10.0. The average molecular weight is 346 g/mol. The molecule has 130 valence electrons. The summed E-state index contributed by atoms with van der Waals surface area (Å²) in [4.78, 5) is 1.88. The summed E-state index contributed by atoms with van der Waals surface area (Å²) in [6.45, 7) is 2.85. The van der Waals surface area contributed by atoms with Crippen LogP contribution in [0.2, 0.25) is 0 Å². The van der Waals surface area contributed by atoms with E-state index < -0.39 is 11.7 Å². The molecule has 0 N–H and O–H groups in total. The molecule has 0 bridgehead atoms. The highest BCUT2D eigenvalue weighted by Crippen LogP contribution is 2.36. The number of hydrogen-bond donors (Lipinski definition) is 0. The van der Waals surface area contributed by atoms with Crippen LogP contribution < -0.4 is 4.90 Å². The summed E-state index contributed by atoms with van der Waals surface area (Å²) in [5, 5.41) is 8.93. The van der Waals surface area contributed by atoms with Crippen molar-refractivity contribution in [2.45, 2.75) is 25.3 Å². The number of anilines is 1. The maximum Gasteiger partial charge on any atom is 0.417 e. The maximum absolute atomic E-state index is 13.2. The fourth-order valence-corrected chi connectivity index (χ4v) is 3.07. The van der Waals surface area contributed by atoms with Crippen molar-refractivity contribution in [3.05, 3.63) is 65.2 Å². The third-order valence-corrected chi connectivity index (χ3v) is 4.23. The van der Waals surface area contributed by atoms with Gasteiger partial charge in [-0.05, 0) is 30.7 Å². The average Bonchev–Trinajstić information content (AvgIpc) is 2.60. The lowest BCUT2D eigenvalue weighted by Gasteiger charge is -2.38. The van der Waals surface area contributed by atoms with E-state index in [-0.39, 0.29) is 17.8 Å². The van der Waals surface area contributed by atoms with Crippen LogP contribution in [0.1, 0.15) is 29.7 Å². The van der Waals surface area contributed by atoms with Gasteiger partial charge in [-0.1, -0.05) is 30.3 Å². The molecule has 2 aromatic rings. The van der Waals surface area contributed by atoms with Gasteiger partial charge in [0.1, 0.15) is 6.10 Å². The van der Waals surface area contributed by atoms with Gasteiger partial charge in [-0.3, -0.25) is 0 Å². The summed E-state index contributed by atoms with van der Waals surface area (Å²) < 4.78 is 45.6. The van der Waals surface area contributed by atoms with Crippen LogP contribution in [0, 0.1) is 11.3 Å². The summed E-state index contributed by atoms with van der Waals surface area (Å²) in [6, 6.07) is 15.1. The summed E-state index contributed by atoms with van der Waals surface area (Å²) in [6.07, 6.45) is -4.89. The molecular weight excluding hydrogens is 329 g/mol. The molecule has 2 atom stereocenters. The third-order valence-electron chi connectivity index (χ3n) is 4.23. The maximum atomic E-state index is 13.2. The Bertz CT molecular complexity index is 783. The summed E-state index contributed by atoms with van der Waals surface area (Å²) in [5.74, 6) is 0. The van der Waals surface area contributed by atoms with Crippen LogP contribution in [0.25, 0.3) is 0 Å². The first kappa shape index (κ1) is 17.3. The zero-order chi connectivity index (χ0) is 18.0. The van der Waals surface area contributed by atoms with Crippen LogP contribution in [-0.4, -0.2) is 19.2 Å². The molecule has 3 nitrogen and oxygen atoms in total. The minimum absolute atomic E-state index is 0.121. The Balaban J connectivity index is 1.92. The van der Waals surface area contributed by atoms with Crippen molar-refractivity contribution in [3.63, 3.8) is 0 Å². The van der Waals surface area contributed by atoms with Crippen molar-refractivity contribution in [1.82, 2.24) is 0 Å². The molecule has 0 saturated carbocycles. The van der Waals surface area contributed by atoms with E-state index in [1.807, 2.05) is 42.2 Å². The molecule has 1 saturated heterocycles. The Labute approximate surface area is 144 Å². The number of nitriles is 1. The van der Waals surface area contributed by atoms with Gasteiger partial charge >= 0.3 is 6.18 Å². The molecule has 1 fully saturated rings. The fourth-order valence-electron chi connectivity index (χ4n) is 3.07. The second-order valence-corrected chi connectivity index (χ2v) is 6.09. The topological polar surface area (TPSA) is 36.3 Å². The normalized spacial score (nSPS) is 21.0. The van der Waals surface area contributed by atoms with Gasteiger partial charge in [-0.25, -0.2) is 0 Å². The second kappa shape index (κ2) is 6.77. The van der Waals surface area contributed by atoms with Gasteiger partial charge < -0.3 is 9.64 Å². The number of nitrogens with zero attached hydrogens (tertiary/aromatic N) is 2. The highest BCUT2D eigenvalue weighted by atomic mass is 19.4. The molecular formula is C19H17F3N2O. The van der Waals surface area contributed by atoms with Crippen LogP contribution in [0.4, 0.5) is 18.9 Å². The molecule has 1 heterocycles. The predicted molar refractivity (Wildman–Crippen MR) is 88.1 cm³/mol. The molecule has 1 aliphatic rings. The van der Waals surface area contributed by atoms with E-state index in [9.17, 15) is 13.2 Å². The lowest BCUT2D eigenvalue weighted by Crippen LogP contribution is -2.43. The van der Waals surface area contributed by atoms with Crippen molar-refractivity contribution in [2.24, 2.45) is 0 Å². The van der Waals surface area contributed by atoms with Crippen LogP contribution in [0.3, 0.4) is 0 Å². The van der Waals surface area contributed by atoms with E-state index in [4.69, 9.17) is 10.00 Å². The molecule has 0 aliphatic carbocycles. The van der Waals surface area contributed by atoms with Gasteiger partial charge in [0.2, 0.25) is 0 Å². The fraction of sp³-hybridized carbons (Fsp3) is 0.316. The standard InChI is InChI=1S/C19H17F3N2O/c1-13-11-24(12-18(25-13)14-5-3-2-4-6-14)16-8-7-15(10-23)17(9-16)19(20,21)22/h2-9,13,18H,11-12H2,1H3. The summed E-state index contributed by atoms with van der Waals surface area (Å²) in [7, 11) is 0. The van der Waals surface area contributed by atoms with E-state index in [1.165, 1.54) is 6.07 Å². The molecule has 2 unspecified atom stereocenters. The number of hydrogen-bond acceptors (Lipinski definition) is 3. The lowest BCUT2D eigenvalue weighted by molar-refractivity contribution is -0.137. The van der Waals surface area contributed by atoms with Crippen molar-refractivity contribution in [2.75, 3.05) is 18.0 Å². The van der Waals surface area contributed by atoms with Gasteiger partial charge in [0.25, 0.3) is 0 Å². The third kappa shape index (κ3) is 3.77. The number of morpholine rings is 1. The van der Waals surface area contributed by atoms with E-state index in [0.29, 0.717) is 18.8 Å². The number of alkyl halides is 3. The zero-order valence-corrected chi connectivity index (χ0v) is 13.6. The summed E-state index contributed by atoms with van der Waals surface area (Å²) in [5.41, 5.74) is 0.172. The van der Waals surface area contributed by atoms with Crippen LogP contribution in [0.15, 0.2) is 48.5 Å². The first-order valence-electron chi connectivity index (χ1n) is 7.95. The number of rotatable bonds is 2. The Morgan fingerprint density at radius 3 is 2.48 bits per heavy atom. The molecule has 0 amide bonds. The molecule has 0 radical (unpaired) electrons. The molecule has 1 aliphatic heterocycles. The summed E-state index contributed by atoms with van der Waals surface area (Å²) >= 11 is 0. The van der Waals surface area contributed by atoms with Crippen molar-refractivity contribution >= 4 is 5.69 Å². The SMILES string of the molecule is CC1CN(c2ccc(C#N)c(C(F)(F)F)c2)CC(c2ccccc2)O1. The first-order chi connectivity index (χ1) is 11.9. The van der Waals surface area contributed by atoms with E-state index in [1.54, 1.807) is 12.1 Å². The van der Waals surface area contributed by atoms with Crippen LogP contribution in [-0.2, 0) is 10.9 Å². The van der Waals surface area contributed by atoms with Gasteiger partial charge in [0.05, 0.1) is 23.3 Å². The number of halogens is 3. The first-order valence-corrected chi connectivity index (χ1v) is 7.95. The highest BCUT2D eigenvalue weighted by molar-refractivity contribution is 5.55. The molecule has 25 heavy (non-hydrogen) atoms. The predicted octanol–water partition coefficient (Wildman–Crippen LogP) is 4.54. The Morgan fingerprint density at radius 2 is 1.84 bits per heavy atom. The highest BCUT2D eigenvalue weighted by Gasteiger charge is 2.35.